The van der Waals surface area contributed by atoms with Crippen LogP contribution < -0.4 is 5.32 Å². The van der Waals surface area contributed by atoms with Gasteiger partial charge in [-0.15, -0.1) is 0 Å². The van der Waals surface area contributed by atoms with Crippen molar-refractivity contribution in [1.29, 1.82) is 0 Å². The summed E-state index contributed by atoms with van der Waals surface area (Å²) in [6.45, 7) is 0.640. The zero-order valence-corrected chi connectivity index (χ0v) is 10.7. The number of rotatable bonds is 5. The zero-order valence-electron chi connectivity index (χ0n) is 10.7. The van der Waals surface area contributed by atoms with Crippen LogP contribution in [0.25, 0.3) is 0 Å². The van der Waals surface area contributed by atoms with E-state index in [-0.39, 0.29) is 5.91 Å². The van der Waals surface area contributed by atoms with Crippen molar-refractivity contribution in [2.75, 3.05) is 20.6 Å². The van der Waals surface area contributed by atoms with Crippen molar-refractivity contribution >= 4 is 11.9 Å². The summed E-state index contributed by atoms with van der Waals surface area (Å²) in [6.07, 6.45) is 4.26. The van der Waals surface area contributed by atoms with E-state index >= 15 is 0 Å². The van der Waals surface area contributed by atoms with Gasteiger partial charge < -0.3 is 15.3 Å². The van der Waals surface area contributed by atoms with Gasteiger partial charge in [0.15, 0.2) is 0 Å². The molecule has 0 aliphatic heterocycles. The van der Waals surface area contributed by atoms with Gasteiger partial charge in [-0.05, 0) is 26.9 Å². The molecule has 0 radical (unpaired) electrons. The van der Waals surface area contributed by atoms with E-state index in [1.54, 1.807) is 0 Å². The predicted molar refractivity (Wildman–Crippen MR) is 64.8 cm³/mol. The molecule has 0 spiro atoms. The minimum Gasteiger partial charge on any atom is -0.480 e. The normalized spacial score (nSPS) is 19.0. The third-order valence-electron chi connectivity index (χ3n) is 3.28. The number of nitrogens with zero attached hydrogens (tertiary/aromatic N) is 1. The second-order valence-corrected chi connectivity index (χ2v) is 5.05. The third-order valence-corrected chi connectivity index (χ3v) is 3.28. The highest BCUT2D eigenvalue weighted by Crippen LogP contribution is 2.28. The molecule has 1 aliphatic carbocycles. The highest BCUT2D eigenvalue weighted by molar-refractivity contribution is 5.87. The summed E-state index contributed by atoms with van der Waals surface area (Å²) in [6, 6.07) is 0. The topological polar surface area (TPSA) is 69.6 Å². The second-order valence-electron chi connectivity index (χ2n) is 5.05. The molecule has 0 bridgehead atoms. The first-order valence-electron chi connectivity index (χ1n) is 6.15. The monoisotopic (exact) mass is 242 g/mol. The van der Waals surface area contributed by atoms with Gasteiger partial charge >= 0.3 is 5.97 Å². The van der Waals surface area contributed by atoms with E-state index in [2.05, 4.69) is 5.32 Å². The summed E-state index contributed by atoms with van der Waals surface area (Å²) < 4.78 is 0. The fourth-order valence-electron chi connectivity index (χ4n) is 2.20. The van der Waals surface area contributed by atoms with Gasteiger partial charge in [0, 0.05) is 13.0 Å². The summed E-state index contributed by atoms with van der Waals surface area (Å²) in [4.78, 5) is 25.0. The van der Waals surface area contributed by atoms with E-state index in [1.165, 1.54) is 0 Å². The lowest BCUT2D eigenvalue weighted by molar-refractivity contribution is -0.149. The number of carboxylic acids is 1. The van der Waals surface area contributed by atoms with Crippen LogP contribution in [0.1, 0.15) is 38.5 Å². The van der Waals surface area contributed by atoms with Crippen molar-refractivity contribution in [2.24, 2.45) is 0 Å². The molecule has 1 rings (SSSR count). The van der Waals surface area contributed by atoms with Crippen LogP contribution in [-0.4, -0.2) is 48.1 Å². The van der Waals surface area contributed by atoms with Crippen LogP contribution in [0.4, 0.5) is 0 Å². The van der Waals surface area contributed by atoms with Gasteiger partial charge in [-0.25, -0.2) is 4.79 Å². The van der Waals surface area contributed by atoms with Crippen LogP contribution in [-0.2, 0) is 9.59 Å². The Labute approximate surface area is 102 Å². The van der Waals surface area contributed by atoms with Gasteiger partial charge in [0.25, 0.3) is 0 Å². The summed E-state index contributed by atoms with van der Waals surface area (Å²) in [5.41, 5.74) is -1.01. The molecule has 1 amide bonds. The predicted octanol–water partition coefficient (Wildman–Crippen LogP) is 0.842. The summed E-state index contributed by atoms with van der Waals surface area (Å²) in [5.74, 6) is -1.06. The lowest BCUT2D eigenvalue weighted by Crippen LogP contribution is -2.55. The molecule has 0 aromatic carbocycles. The lowest BCUT2D eigenvalue weighted by atomic mass is 9.81. The number of carboxylic acid groups (broad SMARTS) is 1. The average Bonchev–Trinajstić information content (AvgIpc) is 2.27. The Morgan fingerprint density at radius 2 is 1.82 bits per heavy atom. The number of aliphatic carboxylic acids is 1. The molecule has 98 valence electrons. The first-order chi connectivity index (χ1) is 7.96. The smallest absolute Gasteiger partial charge is 0.329 e. The average molecular weight is 242 g/mol. The Bertz CT molecular complexity index is 283. The molecular formula is C12H22N2O3. The van der Waals surface area contributed by atoms with Crippen LogP contribution >= 0.6 is 0 Å². The van der Waals surface area contributed by atoms with Crippen molar-refractivity contribution < 1.29 is 14.7 Å². The molecule has 0 saturated heterocycles. The minimum atomic E-state index is -1.01. The van der Waals surface area contributed by atoms with Crippen LogP contribution in [0.5, 0.6) is 0 Å². The SMILES string of the molecule is CN(C)CCC(=O)NC1(C(=O)O)CCCCC1. The fraction of sp³-hybridized carbons (Fsp3) is 0.833. The van der Waals surface area contributed by atoms with E-state index in [1.807, 2.05) is 19.0 Å². The van der Waals surface area contributed by atoms with Gasteiger partial charge in [0.05, 0.1) is 0 Å². The Kier molecular flexibility index (Phi) is 4.93. The molecule has 1 aliphatic rings. The van der Waals surface area contributed by atoms with Crippen LogP contribution in [0.15, 0.2) is 0 Å². The molecule has 5 heteroatoms. The fourth-order valence-corrected chi connectivity index (χ4v) is 2.20. The summed E-state index contributed by atoms with van der Waals surface area (Å²) in [7, 11) is 3.78. The third kappa shape index (κ3) is 4.00. The summed E-state index contributed by atoms with van der Waals surface area (Å²) in [5, 5.41) is 12.0. The Morgan fingerprint density at radius 1 is 1.24 bits per heavy atom. The van der Waals surface area contributed by atoms with E-state index in [9.17, 15) is 14.7 Å². The number of hydrogen-bond acceptors (Lipinski definition) is 3. The lowest BCUT2D eigenvalue weighted by Gasteiger charge is -2.34. The molecular weight excluding hydrogens is 220 g/mol. The zero-order chi connectivity index (χ0) is 12.9. The highest BCUT2D eigenvalue weighted by Gasteiger charge is 2.40. The number of nitrogens with one attached hydrogen (secondary N) is 1. The van der Waals surface area contributed by atoms with Crippen LogP contribution in [0, 0.1) is 0 Å². The van der Waals surface area contributed by atoms with E-state index in [0.29, 0.717) is 25.8 Å². The molecule has 0 aromatic heterocycles. The van der Waals surface area contributed by atoms with Gasteiger partial charge in [0.2, 0.25) is 5.91 Å². The standard InChI is InChI=1S/C12H22N2O3/c1-14(2)9-6-10(15)13-12(11(16)17)7-4-3-5-8-12/h3-9H2,1-2H3,(H,13,15)(H,16,17). The van der Waals surface area contributed by atoms with E-state index in [4.69, 9.17) is 0 Å². The molecule has 1 saturated carbocycles. The second kappa shape index (κ2) is 6.00. The van der Waals surface area contributed by atoms with Crippen molar-refractivity contribution in [3.05, 3.63) is 0 Å². The molecule has 1 fully saturated rings. The first-order valence-corrected chi connectivity index (χ1v) is 6.15. The Hall–Kier alpha value is -1.10. The van der Waals surface area contributed by atoms with Crippen molar-refractivity contribution in [3.63, 3.8) is 0 Å². The van der Waals surface area contributed by atoms with Crippen LogP contribution in [0.2, 0.25) is 0 Å². The van der Waals surface area contributed by atoms with Crippen molar-refractivity contribution in [3.8, 4) is 0 Å². The largest absolute Gasteiger partial charge is 0.480 e. The number of hydrogen-bond donors (Lipinski definition) is 2. The molecule has 17 heavy (non-hydrogen) atoms. The van der Waals surface area contributed by atoms with E-state index < -0.39 is 11.5 Å². The molecule has 0 aromatic rings. The van der Waals surface area contributed by atoms with Crippen molar-refractivity contribution in [1.82, 2.24) is 10.2 Å². The van der Waals surface area contributed by atoms with Gasteiger partial charge in [-0.3, -0.25) is 4.79 Å². The van der Waals surface area contributed by atoms with Gasteiger partial charge in [0.1, 0.15) is 5.54 Å². The maximum Gasteiger partial charge on any atom is 0.329 e. The highest BCUT2D eigenvalue weighted by atomic mass is 16.4. The number of amides is 1. The van der Waals surface area contributed by atoms with Gasteiger partial charge in [-0.2, -0.15) is 0 Å². The first kappa shape index (κ1) is 14.0. The van der Waals surface area contributed by atoms with Crippen molar-refractivity contribution in [2.45, 2.75) is 44.1 Å². The quantitative estimate of drug-likeness (QED) is 0.749. The molecule has 2 N–H and O–H groups in total. The summed E-state index contributed by atoms with van der Waals surface area (Å²) >= 11 is 0. The number of carbonyl (C=O) groups excluding carboxylic acids is 1. The van der Waals surface area contributed by atoms with Crippen LogP contribution in [0.3, 0.4) is 0 Å². The minimum absolute atomic E-state index is 0.164. The Balaban J connectivity index is 2.54. The molecule has 0 atom stereocenters. The van der Waals surface area contributed by atoms with Gasteiger partial charge in [-0.1, -0.05) is 19.3 Å². The maximum absolute atomic E-state index is 11.7. The molecule has 0 unspecified atom stereocenters. The maximum atomic E-state index is 11.7. The molecule has 5 nitrogen and oxygen atoms in total. The van der Waals surface area contributed by atoms with E-state index in [0.717, 1.165) is 19.3 Å². The number of carbonyl (C=O) groups is 2. The molecule has 0 heterocycles. The Morgan fingerprint density at radius 3 is 2.29 bits per heavy atom.